The molecule has 0 bridgehead atoms. The summed E-state index contributed by atoms with van der Waals surface area (Å²) in [5.41, 5.74) is 6.82. The zero-order valence-electron chi connectivity index (χ0n) is 12.0. The normalized spacial score (nSPS) is 11.6. The van der Waals surface area contributed by atoms with Crippen molar-refractivity contribution in [3.05, 3.63) is 70.3 Å². The molecule has 0 radical (unpaired) electrons. The van der Waals surface area contributed by atoms with E-state index in [-0.39, 0.29) is 5.41 Å². The van der Waals surface area contributed by atoms with Gasteiger partial charge < -0.3 is 0 Å². The Hall–Kier alpha value is -1.56. The highest BCUT2D eigenvalue weighted by molar-refractivity contribution is 5.41. The van der Waals surface area contributed by atoms with Gasteiger partial charge >= 0.3 is 0 Å². The minimum atomic E-state index is 0.0600. The van der Waals surface area contributed by atoms with Gasteiger partial charge in [0.25, 0.3) is 0 Å². The summed E-state index contributed by atoms with van der Waals surface area (Å²) in [5, 5.41) is 0. The third-order valence-electron chi connectivity index (χ3n) is 3.72. The number of rotatable bonds is 2. The molecule has 0 heteroatoms. The number of hydrogen-bond acceptors (Lipinski definition) is 0. The van der Waals surface area contributed by atoms with Crippen molar-refractivity contribution in [3.63, 3.8) is 0 Å². The molecule has 0 atom stereocenters. The highest BCUT2D eigenvalue weighted by atomic mass is 14.3. The molecule has 0 aliphatic carbocycles. The lowest BCUT2D eigenvalue weighted by molar-refractivity contribution is 0.639. The zero-order valence-corrected chi connectivity index (χ0v) is 12.0. The summed E-state index contributed by atoms with van der Waals surface area (Å²) in [6.45, 7) is 11.1. The molecule has 0 aromatic heterocycles. The molecule has 0 saturated carbocycles. The van der Waals surface area contributed by atoms with E-state index in [0.29, 0.717) is 0 Å². The van der Waals surface area contributed by atoms with E-state index in [9.17, 15) is 0 Å². The van der Waals surface area contributed by atoms with Gasteiger partial charge in [-0.1, -0.05) is 73.0 Å². The summed E-state index contributed by atoms with van der Waals surface area (Å²) < 4.78 is 0. The maximum atomic E-state index is 2.30. The molecule has 0 heterocycles. The fourth-order valence-corrected chi connectivity index (χ4v) is 2.47. The van der Waals surface area contributed by atoms with E-state index in [4.69, 9.17) is 0 Å². The minimum Gasteiger partial charge on any atom is -0.0590 e. The first-order valence-electron chi connectivity index (χ1n) is 6.55. The molecule has 0 spiro atoms. The lowest BCUT2D eigenvalue weighted by Crippen LogP contribution is -2.19. The first kappa shape index (κ1) is 12.9. The topological polar surface area (TPSA) is 0 Å². The van der Waals surface area contributed by atoms with E-state index in [1.54, 1.807) is 0 Å². The Morgan fingerprint density at radius 2 is 1.11 bits per heavy atom. The second-order valence-corrected chi connectivity index (χ2v) is 5.87. The first-order chi connectivity index (χ1) is 8.39. The van der Waals surface area contributed by atoms with Gasteiger partial charge in [-0.15, -0.1) is 0 Å². The fourth-order valence-electron chi connectivity index (χ4n) is 2.47. The average molecular weight is 238 g/mol. The van der Waals surface area contributed by atoms with Crippen molar-refractivity contribution >= 4 is 0 Å². The Labute approximate surface area is 111 Å². The van der Waals surface area contributed by atoms with E-state index >= 15 is 0 Å². The van der Waals surface area contributed by atoms with E-state index in [1.165, 1.54) is 27.8 Å². The summed E-state index contributed by atoms with van der Waals surface area (Å²) in [5.74, 6) is 0. The van der Waals surface area contributed by atoms with Crippen LogP contribution in [0.1, 0.15) is 41.7 Å². The molecule has 0 unspecified atom stereocenters. The average Bonchev–Trinajstić information content (AvgIpc) is 2.28. The van der Waals surface area contributed by atoms with Crippen LogP contribution in [0.5, 0.6) is 0 Å². The van der Waals surface area contributed by atoms with Crippen LogP contribution in [0.4, 0.5) is 0 Å². The standard InChI is InChI=1S/C18H22/c1-13-6-8-16(9-7-13)18(4,5)17-11-14(2)10-15(3)12-17/h6-12H,1-5H3. The van der Waals surface area contributed by atoms with Gasteiger partial charge in [-0.25, -0.2) is 0 Å². The van der Waals surface area contributed by atoms with Gasteiger partial charge in [0.05, 0.1) is 0 Å². The third-order valence-corrected chi connectivity index (χ3v) is 3.72. The Morgan fingerprint density at radius 3 is 1.61 bits per heavy atom. The number of aryl methyl sites for hydroxylation is 3. The summed E-state index contributed by atoms with van der Waals surface area (Å²) in [7, 11) is 0. The Balaban J connectivity index is 2.49. The minimum absolute atomic E-state index is 0.0600. The molecule has 0 saturated heterocycles. The molecule has 94 valence electrons. The van der Waals surface area contributed by atoms with Crippen molar-refractivity contribution in [2.45, 2.75) is 40.0 Å². The number of hydrogen-bond donors (Lipinski definition) is 0. The van der Waals surface area contributed by atoms with Crippen molar-refractivity contribution in [1.29, 1.82) is 0 Å². The quantitative estimate of drug-likeness (QED) is 0.695. The largest absolute Gasteiger partial charge is 0.0590 e. The van der Waals surface area contributed by atoms with Gasteiger partial charge in [-0.3, -0.25) is 0 Å². The van der Waals surface area contributed by atoms with Crippen LogP contribution in [-0.4, -0.2) is 0 Å². The molecule has 2 aromatic rings. The van der Waals surface area contributed by atoms with Crippen LogP contribution in [0.25, 0.3) is 0 Å². The van der Waals surface area contributed by atoms with Crippen molar-refractivity contribution in [3.8, 4) is 0 Å². The summed E-state index contributed by atoms with van der Waals surface area (Å²) in [6, 6.07) is 15.7. The molecule has 0 fully saturated rings. The Kier molecular flexibility index (Phi) is 3.30. The van der Waals surface area contributed by atoms with Crippen LogP contribution in [0.15, 0.2) is 42.5 Å². The number of benzene rings is 2. The van der Waals surface area contributed by atoms with Gasteiger partial charge in [0.1, 0.15) is 0 Å². The summed E-state index contributed by atoms with van der Waals surface area (Å²) in [4.78, 5) is 0. The Morgan fingerprint density at radius 1 is 0.611 bits per heavy atom. The van der Waals surface area contributed by atoms with Gasteiger partial charge in [0.2, 0.25) is 0 Å². The van der Waals surface area contributed by atoms with Gasteiger partial charge in [-0.2, -0.15) is 0 Å². The molecule has 18 heavy (non-hydrogen) atoms. The van der Waals surface area contributed by atoms with Gasteiger partial charge in [-0.05, 0) is 31.9 Å². The molecule has 2 rings (SSSR count). The van der Waals surface area contributed by atoms with E-state index in [2.05, 4.69) is 77.1 Å². The van der Waals surface area contributed by atoms with Crippen LogP contribution >= 0.6 is 0 Å². The fraction of sp³-hybridized carbons (Fsp3) is 0.333. The molecule has 0 aliphatic heterocycles. The second kappa shape index (κ2) is 4.61. The van der Waals surface area contributed by atoms with Crippen molar-refractivity contribution < 1.29 is 0 Å². The van der Waals surface area contributed by atoms with Crippen LogP contribution in [0.3, 0.4) is 0 Å². The summed E-state index contributed by atoms with van der Waals surface area (Å²) in [6.07, 6.45) is 0. The molecule has 0 N–H and O–H groups in total. The lowest BCUT2D eigenvalue weighted by Gasteiger charge is -2.27. The smallest absolute Gasteiger partial charge is 0.0146 e. The second-order valence-electron chi connectivity index (χ2n) is 5.87. The van der Waals surface area contributed by atoms with Crippen molar-refractivity contribution in [2.24, 2.45) is 0 Å². The summed E-state index contributed by atoms with van der Waals surface area (Å²) >= 11 is 0. The van der Waals surface area contributed by atoms with Crippen LogP contribution in [0.2, 0.25) is 0 Å². The van der Waals surface area contributed by atoms with Crippen molar-refractivity contribution in [2.75, 3.05) is 0 Å². The lowest BCUT2D eigenvalue weighted by atomic mass is 9.77. The van der Waals surface area contributed by atoms with Crippen LogP contribution in [0, 0.1) is 20.8 Å². The van der Waals surface area contributed by atoms with Gasteiger partial charge in [0.15, 0.2) is 0 Å². The molecule has 2 aromatic carbocycles. The highest BCUT2D eigenvalue weighted by Gasteiger charge is 2.23. The Bertz CT molecular complexity index is 525. The van der Waals surface area contributed by atoms with E-state index in [0.717, 1.165) is 0 Å². The monoisotopic (exact) mass is 238 g/mol. The predicted molar refractivity (Wildman–Crippen MR) is 79.2 cm³/mol. The zero-order chi connectivity index (χ0) is 13.3. The molecular weight excluding hydrogens is 216 g/mol. The van der Waals surface area contributed by atoms with Gasteiger partial charge in [0, 0.05) is 5.41 Å². The molecule has 0 aliphatic rings. The molecule has 0 nitrogen and oxygen atoms in total. The van der Waals surface area contributed by atoms with Crippen LogP contribution in [-0.2, 0) is 5.41 Å². The predicted octanol–water partition coefficient (Wildman–Crippen LogP) is 4.94. The third kappa shape index (κ3) is 2.48. The molecule has 0 amide bonds. The van der Waals surface area contributed by atoms with E-state index in [1.807, 2.05) is 0 Å². The molecular formula is C18H22. The maximum absolute atomic E-state index is 2.30. The van der Waals surface area contributed by atoms with Crippen molar-refractivity contribution in [1.82, 2.24) is 0 Å². The SMILES string of the molecule is Cc1ccc(C(C)(C)c2cc(C)cc(C)c2)cc1. The maximum Gasteiger partial charge on any atom is 0.0146 e. The van der Waals surface area contributed by atoms with E-state index < -0.39 is 0 Å². The first-order valence-corrected chi connectivity index (χ1v) is 6.55. The highest BCUT2D eigenvalue weighted by Crippen LogP contribution is 2.32. The van der Waals surface area contributed by atoms with Crippen LogP contribution < -0.4 is 0 Å².